The lowest BCUT2D eigenvalue weighted by Crippen LogP contribution is -1.90. The van der Waals surface area contributed by atoms with Crippen molar-refractivity contribution >= 4 is 11.4 Å². The summed E-state index contributed by atoms with van der Waals surface area (Å²) in [5.41, 5.74) is 5.44. The molecule has 0 radical (unpaired) electrons. The zero-order valence-electron chi connectivity index (χ0n) is 5.44. The Balaban J connectivity index is 3.15. The largest absolute Gasteiger partial charge is 0.392 e. The van der Waals surface area contributed by atoms with Gasteiger partial charge in [-0.2, -0.15) is 0 Å². The second-order valence-electron chi connectivity index (χ2n) is 2.02. The van der Waals surface area contributed by atoms with E-state index in [0.29, 0.717) is 0 Å². The predicted molar refractivity (Wildman–Crippen MR) is 36.5 cm³/mol. The highest BCUT2D eigenvalue weighted by Gasteiger charge is 2.11. The number of nitro groups is 1. The monoisotopic (exact) mass is 141 g/mol. The van der Waals surface area contributed by atoms with Gasteiger partial charge in [0.1, 0.15) is 5.69 Å². The summed E-state index contributed by atoms with van der Waals surface area (Å²) in [5, 5.41) is 10.1. The number of nitrogens with zero attached hydrogens (tertiary/aromatic N) is 2. The minimum atomic E-state index is -0.505. The van der Waals surface area contributed by atoms with Crippen molar-refractivity contribution in [2.45, 2.75) is 0 Å². The van der Waals surface area contributed by atoms with Crippen molar-refractivity contribution in [3.05, 3.63) is 22.5 Å². The Morgan fingerprint density at radius 1 is 1.70 bits per heavy atom. The quantitative estimate of drug-likeness (QED) is 0.457. The van der Waals surface area contributed by atoms with Crippen LogP contribution in [0.25, 0.3) is 0 Å². The molecule has 0 fully saturated rings. The van der Waals surface area contributed by atoms with Crippen molar-refractivity contribution < 1.29 is 4.92 Å². The predicted octanol–water partition coefficient (Wildman–Crippen LogP) is 0.515. The van der Waals surface area contributed by atoms with Crippen LogP contribution in [0.15, 0.2) is 12.4 Å². The molecule has 0 aliphatic carbocycles. The second-order valence-corrected chi connectivity index (χ2v) is 2.02. The van der Waals surface area contributed by atoms with Gasteiger partial charge in [0.2, 0.25) is 0 Å². The maximum Gasteiger partial charge on any atom is 0.309 e. The van der Waals surface area contributed by atoms with E-state index in [-0.39, 0.29) is 11.4 Å². The lowest BCUT2D eigenvalue weighted by atomic mass is 10.5. The van der Waals surface area contributed by atoms with Crippen molar-refractivity contribution in [2.24, 2.45) is 7.05 Å². The zero-order chi connectivity index (χ0) is 7.72. The highest BCUT2D eigenvalue weighted by Crippen LogP contribution is 2.20. The highest BCUT2D eigenvalue weighted by molar-refractivity contribution is 5.56. The molecule has 0 saturated carbocycles. The Hall–Kier alpha value is -1.52. The molecule has 0 bridgehead atoms. The van der Waals surface area contributed by atoms with E-state index >= 15 is 0 Å². The van der Waals surface area contributed by atoms with Gasteiger partial charge >= 0.3 is 5.69 Å². The van der Waals surface area contributed by atoms with E-state index in [9.17, 15) is 10.1 Å². The van der Waals surface area contributed by atoms with Crippen LogP contribution in [-0.4, -0.2) is 9.49 Å². The lowest BCUT2D eigenvalue weighted by Gasteiger charge is -1.83. The standard InChI is InChI=1S/C5H7N3O2/c1-7-2-4(6)5(3-7)8(9)10/h2-3H,6H2,1H3. The van der Waals surface area contributed by atoms with Crippen LogP contribution in [0, 0.1) is 10.1 Å². The number of aromatic nitrogens is 1. The van der Waals surface area contributed by atoms with Gasteiger partial charge in [-0.05, 0) is 0 Å². The molecule has 5 heteroatoms. The first-order chi connectivity index (χ1) is 4.61. The van der Waals surface area contributed by atoms with E-state index < -0.39 is 4.92 Å². The van der Waals surface area contributed by atoms with E-state index in [0.717, 1.165) is 0 Å². The average Bonchev–Trinajstić information content (AvgIpc) is 2.10. The molecule has 0 unspecified atom stereocenters. The van der Waals surface area contributed by atoms with Crippen molar-refractivity contribution in [1.82, 2.24) is 4.57 Å². The van der Waals surface area contributed by atoms with Gasteiger partial charge in [-0.25, -0.2) is 0 Å². The van der Waals surface area contributed by atoms with Crippen LogP contribution >= 0.6 is 0 Å². The summed E-state index contributed by atoms with van der Waals surface area (Å²) < 4.78 is 1.55. The molecule has 1 aromatic rings. The Labute approximate surface area is 57.2 Å². The Bertz CT molecular complexity index is 266. The number of nitrogens with two attached hydrogens (primary N) is 1. The van der Waals surface area contributed by atoms with Gasteiger partial charge in [-0.3, -0.25) is 10.1 Å². The van der Waals surface area contributed by atoms with Crippen LogP contribution in [0.5, 0.6) is 0 Å². The summed E-state index contributed by atoms with van der Waals surface area (Å²) >= 11 is 0. The van der Waals surface area contributed by atoms with E-state index in [1.54, 1.807) is 11.6 Å². The number of hydrogen-bond acceptors (Lipinski definition) is 3. The van der Waals surface area contributed by atoms with Gasteiger partial charge in [0.15, 0.2) is 0 Å². The first-order valence-corrected chi connectivity index (χ1v) is 2.67. The maximum atomic E-state index is 10.1. The van der Waals surface area contributed by atoms with Crippen molar-refractivity contribution in [2.75, 3.05) is 5.73 Å². The molecular weight excluding hydrogens is 134 g/mol. The van der Waals surface area contributed by atoms with Gasteiger partial charge < -0.3 is 10.3 Å². The van der Waals surface area contributed by atoms with Crippen LogP contribution in [0.2, 0.25) is 0 Å². The van der Waals surface area contributed by atoms with Crippen LogP contribution in [0.1, 0.15) is 0 Å². The molecule has 0 aromatic carbocycles. The molecule has 54 valence electrons. The summed E-state index contributed by atoms with van der Waals surface area (Å²) in [7, 11) is 1.68. The molecule has 0 saturated heterocycles. The van der Waals surface area contributed by atoms with E-state index in [2.05, 4.69) is 0 Å². The molecule has 0 atom stereocenters. The molecule has 0 spiro atoms. The summed E-state index contributed by atoms with van der Waals surface area (Å²) in [6.45, 7) is 0. The van der Waals surface area contributed by atoms with Gasteiger partial charge in [0, 0.05) is 13.2 Å². The third-order valence-corrected chi connectivity index (χ3v) is 1.16. The van der Waals surface area contributed by atoms with Crippen molar-refractivity contribution in [3.8, 4) is 0 Å². The SMILES string of the molecule is Cn1cc(N)c([N+](=O)[O-])c1. The number of hydrogen-bond donors (Lipinski definition) is 1. The van der Waals surface area contributed by atoms with Crippen LogP contribution in [0.3, 0.4) is 0 Å². The Morgan fingerprint density at radius 2 is 2.30 bits per heavy atom. The molecule has 0 amide bonds. The minimum absolute atomic E-state index is 0.0394. The Morgan fingerprint density at radius 3 is 2.50 bits per heavy atom. The molecule has 1 aromatic heterocycles. The fourth-order valence-electron chi connectivity index (χ4n) is 0.743. The lowest BCUT2D eigenvalue weighted by molar-refractivity contribution is -0.383. The minimum Gasteiger partial charge on any atom is -0.392 e. The van der Waals surface area contributed by atoms with E-state index in [1.807, 2.05) is 0 Å². The molecule has 10 heavy (non-hydrogen) atoms. The molecule has 2 N–H and O–H groups in total. The fourth-order valence-corrected chi connectivity index (χ4v) is 0.743. The van der Waals surface area contributed by atoms with Crippen LogP contribution in [0.4, 0.5) is 11.4 Å². The molecular formula is C5H7N3O2. The van der Waals surface area contributed by atoms with Gasteiger partial charge in [-0.1, -0.05) is 0 Å². The first kappa shape index (κ1) is 6.60. The fraction of sp³-hybridized carbons (Fsp3) is 0.200. The van der Waals surface area contributed by atoms with Gasteiger partial charge in [-0.15, -0.1) is 0 Å². The number of aryl methyl sites for hydroxylation is 1. The maximum absolute atomic E-state index is 10.1. The van der Waals surface area contributed by atoms with Crippen molar-refractivity contribution in [1.29, 1.82) is 0 Å². The summed E-state index contributed by atoms with van der Waals surface area (Å²) in [6.07, 6.45) is 2.87. The molecule has 1 heterocycles. The molecule has 5 nitrogen and oxygen atoms in total. The van der Waals surface area contributed by atoms with E-state index in [1.165, 1.54) is 12.4 Å². The first-order valence-electron chi connectivity index (χ1n) is 2.67. The van der Waals surface area contributed by atoms with Gasteiger partial charge in [0.25, 0.3) is 0 Å². The van der Waals surface area contributed by atoms with Gasteiger partial charge in [0.05, 0.1) is 11.1 Å². The smallest absolute Gasteiger partial charge is 0.309 e. The van der Waals surface area contributed by atoms with E-state index in [4.69, 9.17) is 5.73 Å². The third kappa shape index (κ3) is 0.928. The Kier molecular flexibility index (Phi) is 1.33. The zero-order valence-corrected chi connectivity index (χ0v) is 5.44. The molecule has 0 aliphatic heterocycles. The number of nitrogen functional groups attached to an aromatic ring is 1. The highest BCUT2D eigenvalue weighted by atomic mass is 16.6. The summed E-state index contributed by atoms with van der Waals surface area (Å²) in [6, 6.07) is 0. The summed E-state index contributed by atoms with van der Waals surface area (Å²) in [5.74, 6) is 0. The number of rotatable bonds is 1. The number of anilines is 1. The molecule has 1 rings (SSSR count). The molecule has 0 aliphatic rings. The topological polar surface area (TPSA) is 74.1 Å². The second kappa shape index (κ2) is 2.02. The van der Waals surface area contributed by atoms with Crippen molar-refractivity contribution in [3.63, 3.8) is 0 Å². The summed E-state index contributed by atoms with van der Waals surface area (Å²) in [4.78, 5) is 9.64. The van der Waals surface area contributed by atoms with Crippen LogP contribution < -0.4 is 5.73 Å². The normalized spacial score (nSPS) is 9.70. The average molecular weight is 141 g/mol. The van der Waals surface area contributed by atoms with Crippen LogP contribution in [-0.2, 0) is 7.05 Å². The third-order valence-electron chi connectivity index (χ3n) is 1.16.